The summed E-state index contributed by atoms with van der Waals surface area (Å²) in [6, 6.07) is 0.0172. The molecule has 1 aromatic rings. The molecule has 2 N–H and O–H groups in total. The zero-order chi connectivity index (χ0) is 9.97. The van der Waals surface area contributed by atoms with Crippen LogP contribution < -0.4 is 5.32 Å². The van der Waals surface area contributed by atoms with Crippen LogP contribution >= 0.6 is 0 Å². The molecule has 0 radical (unpaired) electrons. The van der Waals surface area contributed by atoms with E-state index in [1.54, 1.807) is 6.26 Å². The lowest BCUT2D eigenvalue weighted by Crippen LogP contribution is -2.35. The molecule has 76 valence electrons. The highest BCUT2D eigenvalue weighted by Gasteiger charge is 2.28. The number of aliphatic carboxylic acids is 1. The number of hydrogen-bond donors (Lipinski definition) is 2. The second-order valence-electron chi connectivity index (χ2n) is 3.48. The highest BCUT2D eigenvalue weighted by atomic mass is 16.4. The van der Waals surface area contributed by atoms with E-state index < -0.39 is 5.97 Å². The Bertz CT molecular complexity index is 310. The van der Waals surface area contributed by atoms with Gasteiger partial charge in [0.25, 0.3) is 0 Å². The van der Waals surface area contributed by atoms with E-state index in [1.165, 1.54) is 6.39 Å². The van der Waals surface area contributed by atoms with Crippen molar-refractivity contribution in [1.29, 1.82) is 0 Å². The van der Waals surface area contributed by atoms with Crippen molar-refractivity contribution >= 4 is 5.97 Å². The second-order valence-corrected chi connectivity index (χ2v) is 3.48. The molecule has 5 heteroatoms. The molecule has 2 unspecified atom stereocenters. The molecule has 1 aliphatic heterocycles. The monoisotopic (exact) mass is 196 g/mol. The van der Waals surface area contributed by atoms with E-state index in [4.69, 9.17) is 9.52 Å². The topological polar surface area (TPSA) is 75.4 Å². The molecule has 1 saturated heterocycles. The highest BCUT2D eigenvalue weighted by molar-refractivity contribution is 5.70. The van der Waals surface area contributed by atoms with Crippen LogP contribution in [0, 0.1) is 5.92 Å². The van der Waals surface area contributed by atoms with Gasteiger partial charge in [0, 0.05) is 0 Å². The first-order chi connectivity index (χ1) is 6.77. The Morgan fingerprint density at radius 2 is 2.57 bits per heavy atom. The Morgan fingerprint density at radius 3 is 3.21 bits per heavy atom. The standard InChI is InChI=1S/C9H12N2O3/c12-9(13)6-1-2-10-7(3-6)8-4-14-5-11-8/h4-7,10H,1-3H2,(H,12,13). The van der Waals surface area contributed by atoms with Crippen LogP contribution in [0.1, 0.15) is 24.6 Å². The molecule has 0 saturated carbocycles. The SMILES string of the molecule is O=C(O)C1CCNC(c2cocn2)C1. The minimum absolute atomic E-state index is 0.0172. The van der Waals surface area contributed by atoms with Crippen LogP contribution in [0.2, 0.25) is 0 Å². The molecule has 2 atom stereocenters. The third-order valence-corrected chi connectivity index (χ3v) is 2.56. The molecular formula is C9H12N2O3. The third-order valence-electron chi connectivity index (χ3n) is 2.56. The fourth-order valence-corrected chi connectivity index (χ4v) is 1.76. The van der Waals surface area contributed by atoms with Crippen LogP contribution in [-0.2, 0) is 4.79 Å². The van der Waals surface area contributed by atoms with Gasteiger partial charge in [0.05, 0.1) is 17.7 Å². The summed E-state index contributed by atoms with van der Waals surface area (Å²) in [5.74, 6) is -0.988. The number of rotatable bonds is 2. The molecule has 2 heterocycles. The molecule has 14 heavy (non-hydrogen) atoms. The zero-order valence-electron chi connectivity index (χ0n) is 7.64. The van der Waals surface area contributed by atoms with Crippen LogP contribution in [0.4, 0.5) is 0 Å². The van der Waals surface area contributed by atoms with Gasteiger partial charge in [-0.25, -0.2) is 4.98 Å². The van der Waals surface area contributed by atoms with Crippen molar-refractivity contribution in [2.75, 3.05) is 6.54 Å². The van der Waals surface area contributed by atoms with Crippen molar-refractivity contribution in [2.45, 2.75) is 18.9 Å². The fourth-order valence-electron chi connectivity index (χ4n) is 1.76. The average molecular weight is 196 g/mol. The lowest BCUT2D eigenvalue weighted by Gasteiger charge is -2.26. The first-order valence-corrected chi connectivity index (χ1v) is 4.61. The molecule has 0 amide bonds. The van der Waals surface area contributed by atoms with Gasteiger partial charge < -0.3 is 14.8 Å². The molecule has 1 aliphatic rings. The Labute approximate surface area is 81.1 Å². The van der Waals surface area contributed by atoms with Gasteiger partial charge in [-0.2, -0.15) is 0 Å². The molecule has 2 rings (SSSR count). The molecule has 0 aromatic carbocycles. The Hall–Kier alpha value is -1.36. The van der Waals surface area contributed by atoms with E-state index in [2.05, 4.69) is 10.3 Å². The van der Waals surface area contributed by atoms with Crippen molar-refractivity contribution in [3.05, 3.63) is 18.4 Å². The molecule has 5 nitrogen and oxygen atoms in total. The van der Waals surface area contributed by atoms with Crippen LogP contribution in [-0.4, -0.2) is 22.6 Å². The first-order valence-electron chi connectivity index (χ1n) is 4.61. The van der Waals surface area contributed by atoms with Crippen LogP contribution in [0.5, 0.6) is 0 Å². The maximum absolute atomic E-state index is 10.8. The van der Waals surface area contributed by atoms with Crippen molar-refractivity contribution in [2.24, 2.45) is 5.92 Å². The van der Waals surface area contributed by atoms with Crippen molar-refractivity contribution in [3.8, 4) is 0 Å². The van der Waals surface area contributed by atoms with Gasteiger partial charge in [-0.3, -0.25) is 4.79 Å². The molecular weight excluding hydrogens is 184 g/mol. The van der Waals surface area contributed by atoms with Gasteiger partial charge >= 0.3 is 5.97 Å². The molecule has 1 fully saturated rings. The summed E-state index contributed by atoms with van der Waals surface area (Å²) in [6.45, 7) is 0.717. The minimum atomic E-state index is -0.722. The Kier molecular flexibility index (Phi) is 2.49. The number of piperidine rings is 1. The van der Waals surface area contributed by atoms with Gasteiger partial charge in [-0.15, -0.1) is 0 Å². The predicted molar refractivity (Wildman–Crippen MR) is 47.6 cm³/mol. The van der Waals surface area contributed by atoms with Gasteiger partial charge in [0.2, 0.25) is 0 Å². The number of carbonyl (C=O) groups is 1. The molecule has 1 aromatic heterocycles. The summed E-state index contributed by atoms with van der Waals surface area (Å²) < 4.78 is 4.86. The van der Waals surface area contributed by atoms with Crippen LogP contribution in [0.25, 0.3) is 0 Å². The second kappa shape index (κ2) is 3.79. The lowest BCUT2D eigenvalue weighted by atomic mass is 9.91. The van der Waals surface area contributed by atoms with Gasteiger partial charge in [0.1, 0.15) is 6.26 Å². The summed E-state index contributed by atoms with van der Waals surface area (Å²) in [5.41, 5.74) is 0.788. The van der Waals surface area contributed by atoms with Gasteiger partial charge in [-0.05, 0) is 19.4 Å². The normalized spacial score (nSPS) is 27.4. The maximum atomic E-state index is 10.8. The Balaban J connectivity index is 2.04. The lowest BCUT2D eigenvalue weighted by molar-refractivity contribution is -0.143. The minimum Gasteiger partial charge on any atom is -0.481 e. The zero-order valence-corrected chi connectivity index (χ0v) is 7.64. The number of aromatic nitrogens is 1. The van der Waals surface area contributed by atoms with Crippen molar-refractivity contribution in [3.63, 3.8) is 0 Å². The van der Waals surface area contributed by atoms with Gasteiger partial charge in [-0.1, -0.05) is 0 Å². The maximum Gasteiger partial charge on any atom is 0.306 e. The number of oxazole rings is 1. The van der Waals surface area contributed by atoms with Crippen LogP contribution in [0.15, 0.2) is 17.1 Å². The summed E-state index contributed by atoms with van der Waals surface area (Å²) in [6.07, 6.45) is 4.19. The average Bonchev–Trinajstić information content (AvgIpc) is 2.71. The van der Waals surface area contributed by atoms with E-state index >= 15 is 0 Å². The first kappa shape index (κ1) is 9.21. The number of carboxylic acid groups (broad SMARTS) is 1. The number of carboxylic acids is 1. The van der Waals surface area contributed by atoms with Gasteiger partial charge in [0.15, 0.2) is 6.39 Å². The molecule has 0 aliphatic carbocycles. The Morgan fingerprint density at radius 1 is 1.71 bits per heavy atom. The third kappa shape index (κ3) is 1.77. The number of nitrogens with one attached hydrogen (secondary N) is 1. The van der Waals surface area contributed by atoms with E-state index in [0.29, 0.717) is 19.4 Å². The summed E-state index contributed by atoms with van der Waals surface area (Å²) >= 11 is 0. The fraction of sp³-hybridized carbons (Fsp3) is 0.556. The quantitative estimate of drug-likeness (QED) is 0.731. The number of hydrogen-bond acceptors (Lipinski definition) is 4. The highest BCUT2D eigenvalue weighted by Crippen LogP contribution is 2.26. The number of nitrogens with zero attached hydrogens (tertiary/aromatic N) is 1. The molecule has 0 bridgehead atoms. The summed E-state index contributed by atoms with van der Waals surface area (Å²) in [7, 11) is 0. The molecule has 0 spiro atoms. The van der Waals surface area contributed by atoms with Crippen molar-refractivity contribution in [1.82, 2.24) is 10.3 Å². The van der Waals surface area contributed by atoms with E-state index in [9.17, 15) is 4.79 Å². The predicted octanol–water partition coefficient (Wildman–Crippen LogP) is 0.800. The van der Waals surface area contributed by atoms with E-state index in [0.717, 1.165) is 5.69 Å². The largest absolute Gasteiger partial charge is 0.481 e. The smallest absolute Gasteiger partial charge is 0.306 e. The van der Waals surface area contributed by atoms with Crippen LogP contribution in [0.3, 0.4) is 0 Å². The van der Waals surface area contributed by atoms with E-state index in [-0.39, 0.29) is 12.0 Å². The summed E-state index contributed by atoms with van der Waals surface area (Å²) in [5, 5.41) is 12.1. The summed E-state index contributed by atoms with van der Waals surface area (Å²) in [4.78, 5) is 14.8. The van der Waals surface area contributed by atoms with Crippen molar-refractivity contribution < 1.29 is 14.3 Å². The van der Waals surface area contributed by atoms with E-state index in [1.807, 2.05) is 0 Å².